The van der Waals surface area contributed by atoms with Gasteiger partial charge in [0.2, 0.25) is 0 Å². The molecular formula is C23H21NO4. The molecule has 0 fully saturated rings. The van der Waals surface area contributed by atoms with Gasteiger partial charge in [0.05, 0.1) is 11.6 Å². The van der Waals surface area contributed by atoms with Gasteiger partial charge in [0.15, 0.2) is 0 Å². The van der Waals surface area contributed by atoms with Gasteiger partial charge in [-0.05, 0) is 54.4 Å². The molecule has 1 heterocycles. The van der Waals surface area contributed by atoms with Crippen LogP contribution in [0, 0.1) is 6.92 Å². The fraction of sp³-hybridized carbons (Fsp3) is 0.174. The van der Waals surface area contributed by atoms with Crippen molar-refractivity contribution in [3.8, 4) is 11.5 Å². The van der Waals surface area contributed by atoms with Crippen molar-refractivity contribution in [1.82, 2.24) is 4.98 Å². The van der Waals surface area contributed by atoms with E-state index in [0.717, 1.165) is 22.5 Å². The fourth-order valence-electron chi connectivity index (χ4n) is 3.05. The molecule has 5 heteroatoms. The van der Waals surface area contributed by atoms with Gasteiger partial charge in [-0.25, -0.2) is 0 Å². The molecule has 3 rings (SSSR count). The van der Waals surface area contributed by atoms with E-state index in [-0.39, 0.29) is 17.9 Å². The Bertz CT molecular complexity index is 919. The van der Waals surface area contributed by atoms with E-state index in [1.165, 1.54) is 13.8 Å². The van der Waals surface area contributed by atoms with Crippen molar-refractivity contribution in [1.29, 1.82) is 0 Å². The van der Waals surface area contributed by atoms with Crippen molar-refractivity contribution >= 4 is 11.9 Å². The summed E-state index contributed by atoms with van der Waals surface area (Å²) < 4.78 is 10.3. The largest absolute Gasteiger partial charge is 0.427 e. The van der Waals surface area contributed by atoms with Crippen LogP contribution >= 0.6 is 0 Å². The van der Waals surface area contributed by atoms with Gasteiger partial charge in [-0.3, -0.25) is 14.6 Å². The minimum absolute atomic E-state index is 0.113. The van der Waals surface area contributed by atoms with Gasteiger partial charge in [0.25, 0.3) is 0 Å². The molecule has 0 spiro atoms. The van der Waals surface area contributed by atoms with Crippen LogP contribution in [0.4, 0.5) is 0 Å². The zero-order valence-corrected chi connectivity index (χ0v) is 16.0. The average Bonchev–Trinajstić information content (AvgIpc) is 2.64. The van der Waals surface area contributed by atoms with E-state index in [2.05, 4.69) is 0 Å². The maximum Gasteiger partial charge on any atom is 0.308 e. The van der Waals surface area contributed by atoms with Gasteiger partial charge in [-0.15, -0.1) is 0 Å². The monoisotopic (exact) mass is 375 g/mol. The van der Waals surface area contributed by atoms with Crippen LogP contribution in [0.5, 0.6) is 11.5 Å². The maximum absolute atomic E-state index is 11.2. The average molecular weight is 375 g/mol. The fourth-order valence-corrected chi connectivity index (χ4v) is 3.05. The summed E-state index contributed by atoms with van der Waals surface area (Å²) in [5.74, 6) is 0.170. The highest BCUT2D eigenvalue weighted by Crippen LogP contribution is 2.33. The predicted molar refractivity (Wildman–Crippen MR) is 105 cm³/mol. The number of aromatic nitrogens is 1. The molecule has 0 radical (unpaired) electrons. The Hall–Kier alpha value is -3.47. The third-order valence-corrected chi connectivity index (χ3v) is 4.16. The van der Waals surface area contributed by atoms with Gasteiger partial charge < -0.3 is 9.47 Å². The lowest BCUT2D eigenvalue weighted by Crippen LogP contribution is -2.07. The van der Waals surface area contributed by atoms with E-state index >= 15 is 0 Å². The van der Waals surface area contributed by atoms with Crippen LogP contribution in [-0.2, 0) is 9.59 Å². The number of hydrogen-bond donors (Lipinski definition) is 0. The highest BCUT2D eigenvalue weighted by atomic mass is 16.5. The minimum atomic E-state index is -0.356. The molecule has 0 saturated carbocycles. The molecule has 0 aliphatic heterocycles. The predicted octanol–water partition coefficient (Wildman–Crippen LogP) is 4.42. The molecule has 0 unspecified atom stereocenters. The summed E-state index contributed by atoms with van der Waals surface area (Å²) in [6, 6.07) is 20.7. The molecule has 142 valence electrons. The third kappa shape index (κ3) is 4.82. The summed E-state index contributed by atoms with van der Waals surface area (Å²) >= 11 is 0. The zero-order chi connectivity index (χ0) is 20.1. The number of esters is 2. The second-order valence-corrected chi connectivity index (χ2v) is 6.46. The van der Waals surface area contributed by atoms with Crippen molar-refractivity contribution in [3.63, 3.8) is 0 Å². The van der Waals surface area contributed by atoms with Crippen molar-refractivity contribution in [2.24, 2.45) is 0 Å². The van der Waals surface area contributed by atoms with E-state index in [0.29, 0.717) is 11.5 Å². The number of ether oxygens (including phenoxy) is 2. The summed E-state index contributed by atoms with van der Waals surface area (Å²) in [6.45, 7) is 4.70. The molecule has 3 aromatic rings. The van der Waals surface area contributed by atoms with E-state index in [1.807, 2.05) is 49.4 Å². The van der Waals surface area contributed by atoms with E-state index in [4.69, 9.17) is 14.5 Å². The quantitative estimate of drug-likeness (QED) is 0.488. The Morgan fingerprint density at radius 1 is 0.750 bits per heavy atom. The summed E-state index contributed by atoms with van der Waals surface area (Å²) in [7, 11) is 0. The van der Waals surface area contributed by atoms with Crippen molar-refractivity contribution in [2.75, 3.05) is 0 Å². The smallest absolute Gasteiger partial charge is 0.308 e. The van der Waals surface area contributed by atoms with Gasteiger partial charge >= 0.3 is 11.9 Å². The first-order valence-electron chi connectivity index (χ1n) is 8.92. The van der Waals surface area contributed by atoms with Crippen molar-refractivity contribution < 1.29 is 19.1 Å². The Morgan fingerprint density at radius 3 is 1.61 bits per heavy atom. The molecule has 0 N–H and O–H groups in total. The number of carbonyl (C=O) groups excluding carboxylic acids is 2. The standard InChI is InChI=1S/C23H21NO4/c1-15-5-4-6-22(24-15)23(18-7-11-20(12-8-18)27-16(2)25)19-9-13-21(14-10-19)28-17(3)26/h4-14,23H,1-3H3. The molecule has 2 aromatic carbocycles. The van der Waals surface area contributed by atoms with Gasteiger partial charge in [0.1, 0.15) is 11.5 Å². The number of aryl methyl sites for hydroxylation is 1. The van der Waals surface area contributed by atoms with Gasteiger partial charge in [-0.2, -0.15) is 0 Å². The summed E-state index contributed by atoms with van der Waals surface area (Å²) in [5.41, 5.74) is 3.85. The van der Waals surface area contributed by atoms with Crippen molar-refractivity contribution in [2.45, 2.75) is 26.7 Å². The minimum Gasteiger partial charge on any atom is -0.427 e. The first-order valence-corrected chi connectivity index (χ1v) is 8.92. The second kappa shape index (κ2) is 8.48. The first-order chi connectivity index (χ1) is 13.4. The van der Waals surface area contributed by atoms with E-state index in [1.54, 1.807) is 24.3 Å². The highest BCUT2D eigenvalue weighted by molar-refractivity contribution is 5.69. The molecule has 0 amide bonds. The Balaban J connectivity index is 2.00. The van der Waals surface area contributed by atoms with Gasteiger partial charge in [-0.1, -0.05) is 30.3 Å². The summed E-state index contributed by atoms with van der Waals surface area (Å²) in [6.07, 6.45) is 0. The lowest BCUT2D eigenvalue weighted by Gasteiger charge is -2.19. The number of hydrogen-bond acceptors (Lipinski definition) is 5. The number of benzene rings is 2. The SMILES string of the molecule is CC(=O)Oc1ccc(C(c2ccc(OC(C)=O)cc2)c2cccc(C)n2)cc1. The number of pyridine rings is 1. The highest BCUT2D eigenvalue weighted by Gasteiger charge is 2.19. The Morgan fingerprint density at radius 2 is 1.21 bits per heavy atom. The van der Waals surface area contributed by atoms with E-state index in [9.17, 15) is 9.59 Å². The molecular weight excluding hydrogens is 354 g/mol. The first kappa shape index (κ1) is 19.3. The van der Waals surface area contributed by atoms with Crippen LogP contribution in [0.1, 0.15) is 42.3 Å². The number of carbonyl (C=O) groups is 2. The van der Waals surface area contributed by atoms with Gasteiger partial charge in [0, 0.05) is 19.5 Å². The molecule has 0 bridgehead atoms. The molecule has 1 aromatic heterocycles. The van der Waals surface area contributed by atoms with Crippen LogP contribution in [0.25, 0.3) is 0 Å². The third-order valence-electron chi connectivity index (χ3n) is 4.16. The van der Waals surface area contributed by atoms with Crippen LogP contribution < -0.4 is 9.47 Å². The topological polar surface area (TPSA) is 65.5 Å². The molecule has 0 atom stereocenters. The molecule has 28 heavy (non-hydrogen) atoms. The normalized spacial score (nSPS) is 10.6. The Kier molecular flexibility index (Phi) is 5.84. The number of nitrogens with zero attached hydrogens (tertiary/aromatic N) is 1. The molecule has 0 aliphatic carbocycles. The van der Waals surface area contributed by atoms with Crippen LogP contribution in [-0.4, -0.2) is 16.9 Å². The molecule has 0 saturated heterocycles. The maximum atomic E-state index is 11.2. The van der Waals surface area contributed by atoms with Crippen LogP contribution in [0.3, 0.4) is 0 Å². The Labute approximate surface area is 164 Å². The molecule has 5 nitrogen and oxygen atoms in total. The lowest BCUT2D eigenvalue weighted by molar-refractivity contribution is -0.132. The lowest BCUT2D eigenvalue weighted by atomic mass is 9.88. The number of rotatable bonds is 5. The van der Waals surface area contributed by atoms with Crippen LogP contribution in [0.2, 0.25) is 0 Å². The second-order valence-electron chi connectivity index (χ2n) is 6.46. The van der Waals surface area contributed by atoms with Crippen molar-refractivity contribution in [3.05, 3.63) is 89.2 Å². The van der Waals surface area contributed by atoms with E-state index < -0.39 is 0 Å². The van der Waals surface area contributed by atoms with Crippen LogP contribution in [0.15, 0.2) is 66.7 Å². The molecule has 0 aliphatic rings. The summed E-state index contributed by atoms with van der Waals surface area (Å²) in [5, 5.41) is 0. The summed E-state index contributed by atoms with van der Waals surface area (Å²) in [4.78, 5) is 27.0. The zero-order valence-electron chi connectivity index (χ0n) is 16.0.